The molecule has 0 amide bonds. The number of ether oxygens (including phenoxy) is 3. The lowest BCUT2D eigenvalue weighted by Crippen LogP contribution is -2.44. The molecule has 5 nitrogen and oxygen atoms in total. The Morgan fingerprint density at radius 1 is 1.23 bits per heavy atom. The van der Waals surface area contributed by atoms with Crippen LogP contribution in [0.1, 0.15) is 24.0 Å². The van der Waals surface area contributed by atoms with Crippen molar-refractivity contribution in [3.8, 4) is 11.5 Å². The standard InChI is InChI=1S/C24H26N2O3S/c1-26-13-12-24-11-10-18(28-23(30)25-17-6-4-3-5-7-17)14-20(24)29-22-19(27-2)9-8-16(15-26)21(22)24/h3-11,18,20H,12-15H2,1-2H3,(H,25,30)/t18-,20-,24-/m0/s1. The molecule has 3 aliphatic rings. The molecule has 2 aromatic rings. The Morgan fingerprint density at radius 2 is 2.07 bits per heavy atom. The minimum absolute atomic E-state index is 0.00331. The van der Waals surface area contributed by atoms with Crippen LogP contribution in [0.4, 0.5) is 5.69 Å². The minimum Gasteiger partial charge on any atom is -0.493 e. The van der Waals surface area contributed by atoms with Gasteiger partial charge in [-0.2, -0.15) is 0 Å². The number of benzene rings is 2. The molecule has 1 N–H and O–H groups in total. The highest BCUT2D eigenvalue weighted by atomic mass is 32.1. The number of thiocarbonyl (C=S) groups is 1. The van der Waals surface area contributed by atoms with Crippen molar-refractivity contribution in [1.29, 1.82) is 0 Å². The summed E-state index contributed by atoms with van der Waals surface area (Å²) < 4.78 is 18.2. The first kappa shape index (κ1) is 19.4. The highest BCUT2D eigenvalue weighted by Gasteiger charge is 2.53. The van der Waals surface area contributed by atoms with E-state index in [1.54, 1.807) is 7.11 Å². The number of nitrogens with zero attached hydrogens (tertiary/aromatic N) is 1. The van der Waals surface area contributed by atoms with E-state index in [0.29, 0.717) is 5.17 Å². The van der Waals surface area contributed by atoms with E-state index in [1.807, 2.05) is 36.4 Å². The second-order valence-electron chi connectivity index (χ2n) is 8.30. The summed E-state index contributed by atoms with van der Waals surface area (Å²) in [6.07, 6.45) is 6.08. The van der Waals surface area contributed by atoms with E-state index in [2.05, 4.69) is 35.5 Å². The number of anilines is 1. The van der Waals surface area contributed by atoms with Crippen LogP contribution in [-0.2, 0) is 16.7 Å². The summed E-state index contributed by atoms with van der Waals surface area (Å²) in [7, 11) is 3.88. The Balaban J connectivity index is 1.41. The Hall–Kier alpha value is -2.57. The molecule has 6 heteroatoms. The maximum Gasteiger partial charge on any atom is 0.261 e. The smallest absolute Gasteiger partial charge is 0.261 e. The first-order chi connectivity index (χ1) is 14.6. The molecule has 1 aliphatic carbocycles. The first-order valence-corrected chi connectivity index (χ1v) is 10.8. The van der Waals surface area contributed by atoms with Crippen LogP contribution in [0.25, 0.3) is 0 Å². The fourth-order valence-corrected chi connectivity index (χ4v) is 5.20. The minimum atomic E-state index is -0.141. The Labute approximate surface area is 182 Å². The number of nitrogens with one attached hydrogen (secondary N) is 1. The predicted octanol–water partition coefficient (Wildman–Crippen LogP) is 4.27. The van der Waals surface area contributed by atoms with E-state index < -0.39 is 0 Å². The average molecular weight is 423 g/mol. The van der Waals surface area contributed by atoms with Gasteiger partial charge >= 0.3 is 0 Å². The van der Waals surface area contributed by atoms with Crippen LogP contribution in [0.2, 0.25) is 0 Å². The maximum atomic E-state index is 6.53. The van der Waals surface area contributed by atoms with Crippen molar-refractivity contribution in [2.24, 2.45) is 0 Å². The molecular formula is C24H26N2O3S. The zero-order valence-electron chi connectivity index (χ0n) is 17.3. The second-order valence-corrected chi connectivity index (χ2v) is 8.67. The molecular weight excluding hydrogens is 396 g/mol. The summed E-state index contributed by atoms with van der Waals surface area (Å²) in [5, 5.41) is 3.53. The fourth-order valence-electron chi connectivity index (χ4n) is 4.96. The molecule has 2 aliphatic heterocycles. The molecule has 0 saturated heterocycles. The number of methoxy groups -OCH3 is 1. The van der Waals surface area contributed by atoms with Gasteiger partial charge in [-0.15, -0.1) is 0 Å². The normalized spacial score (nSPS) is 26.7. The van der Waals surface area contributed by atoms with Crippen LogP contribution in [0.5, 0.6) is 11.5 Å². The summed E-state index contributed by atoms with van der Waals surface area (Å²) in [5.74, 6) is 1.70. The van der Waals surface area contributed by atoms with Crippen molar-refractivity contribution in [2.45, 2.75) is 37.0 Å². The molecule has 3 atom stereocenters. The topological polar surface area (TPSA) is 43.0 Å². The van der Waals surface area contributed by atoms with Crippen molar-refractivity contribution >= 4 is 23.1 Å². The van der Waals surface area contributed by atoms with Crippen molar-refractivity contribution < 1.29 is 14.2 Å². The van der Waals surface area contributed by atoms with Gasteiger partial charge < -0.3 is 24.4 Å². The van der Waals surface area contributed by atoms with Crippen molar-refractivity contribution in [3.05, 3.63) is 65.7 Å². The maximum absolute atomic E-state index is 6.53. The molecule has 0 saturated carbocycles. The van der Waals surface area contributed by atoms with Crippen LogP contribution in [-0.4, -0.2) is 43.0 Å². The van der Waals surface area contributed by atoms with E-state index in [9.17, 15) is 0 Å². The third kappa shape index (κ3) is 3.24. The summed E-state index contributed by atoms with van der Waals surface area (Å²) >= 11 is 5.44. The molecule has 0 aromatic heterocycles. The third-order valence-corrected chi connectivity index (χ3v) is 6.61. The lowest BCUT2D eigenvalue weighted by atomic mass is 9.69. The van der Waals surface area contributed by atoms with Crippen LogP contribution >= 0.6 is 12.2 Å². The summed E-state index contributed by atoms with van der Waals surface area (Å²) in [6.45, 7) is 1.93. The van der Waals surface area contributed by atoms with E-state index in [1.165, 1.54) is 11.1 Å². The van der Waals surface area contributed by atoms with E-state index in [-0.39, 0.29) is 17.6 Å². The lowest BCUT2D eigenvalue weighted by Gasteiger charge is -2.37. The average Bonchev–Trinajstić information content (AvgIpc) is 3.00. The molecule has 2 heterocycles. The van der Waals surface area contributed by atoms with Crippen molar-refractivity contribution in [1.82, 2.24) is 4.90 Å². The lowest BCUT2D eigenvalue weighted by molar-refractivity contribution is 0.0887. The van der Waals surface area contributed by atoms with Gasteiger partial charge in [0.25, 0.3) is 5.17 Å². The molecule has 1 spiro atoms. The molecule has 30 heavy (non-hydrogen) atoms. The van der Waals surface area contributed by atoms with Gasteiger partial charge in [0, 0.05) is 24.2 Å². The quantitative estimate of drug-likeness (QED) is 0.589. The number of hydrogen-bond donors (Lipinski definition) is 1. The van der Waals surface area contributed by atoms with Gasteiger partial charge in [-0.25, -0.2) is 0 Å². The molecule has 0 bridgehead atoms. The van der Waals surface area contributed by atoms with Crippen LogP contribution in [0, 0.1) is 0 Å². The zero-order chi connectivity index (χ0) is 20.7. The highest BCUT2D eigenvalue weighted by molar-refractivity contribution is 7.80. The fraction of sp³-hybridized carbons (Fsp3) is 0.375. The molecule has 0 unspecified atom stereocenters. The molecule has 2 aromatic carbocycles. The molecule has 5 rings (SSSR count). The van der Waals surface area contributed by atoms with Crippen molar-refractivity contribution in [2.75, 3.05) is 26.0 Å². The van der Waals surface area contributed by atoms with Crippen molar-refractivity contribution in [3.63, 3.8) is 0 Å². The van der Waals surface area contributed by atoms with Gasteiger partial charge in [0.15, 0.2) is 11.5 Å². The summed E-state index contributed by atoms with van der Waals surface area (Å²) in [4.78, 5) is 2.38. The zero-order valence-corrected chi connectivity index (χ0v) is 18.1. The van der Waals surface area contributed by atoms with Gasteiger partial charge in [0.2, 0.25) is 0 Å². The second kappa shape index (κ2) is 7.60. The molecule has 0 radical (unpaired) electrons. The van der Waals surface area contributed by atoms with Gasteiger partial charge in [-0.05, 0) is 62.1 Å². The van der Waals surface area contributed by atoms with E-state index in [0.717, 1.165) is 43.1 Å². The van der Waals surface area contributed by atoms with Crippen LogP contribution in [0.3, 0.4) is 0 Å². The Kier molecular flexibility index (Phi) is 4.91. The van der Waals surface area contributed by atoms with Gasteiger partial charge in [0.1, 0.15) is 12.2 Å². The first-order valence-electron chi connectivity index (χ1n) is 10.4. The van der Waals surface area contributed by atoms with Gasteiger partial charge in [-0.3, -0.25) is 0 Å². The van der Waals surface area contributed by atoms with Crippen LogP contribution in [0.15, 0.2) is 54.6 Å². The largest absolute Gasteiger partial charge is 0.493 e. The summed E-state index contributed by atoms with van der Waals surface area (Å²) in [6, 6.07) is 14.0. The number of para-hydroxylation sites is 1. The van der Waals surface area contributed by atoms with E-state index in [4.69, 9.17) is 26.4 Å². The third-order valence-electron chi connectivity index (χ3n) is 6.41. The van der Waals surface area contributed by atoms with Gasteiger partial charge in [0.05, 0.1) is 12.5 Å². The SMILES string of the molecule is COc1ccc2c3c1O[C@H]1C[C@@H](OC(=S)Nc4ccccc4)C=C[C@@]31CCN(C)C2. The van der Waals surface area contributed by atoms with Crippen LogP contribution < -0.4 is 14.8 Å². The number of hydrogen-bond acceptors (Lipinski definition) is 5. The molecule has 0 fully saturated rings. The Bertz CT molecular complexity index is 993. The van der Waals surface area contributed by atoms with E-state index >= 15 is 0 Å². The highest BCUT2D eigenvalue weighted by Crippen LogP contribution is 2.55. The number of rotatable bonds is 3. The monoisotopic (exact) mass is 422 g/mol. The molecule has 156 valence electrons. The Morgan fingerprint density at radius 3 is 2.87 bits per heavy atom. The predicted molar refractivity (Wildman–Crippen MR) is 121 cm³/mol. The summed E-state index contributed by atoms with van der Waals surface area (Å²) in [5.41, 5.74) is 3.39. The van der Waals surface area contributed by atoms with Gasteiger partial charge in [-0.1, -0.05) is 30.3 Å².